The van der Waals surface area contributed by atoms with Gasteiger partial charge in [0.1, 0.15) is 5.00 Å². The molecule has 0 radical (unpaired) electrons. The topological polar surface area (TPSA) is 95.9 Å². The summed E-state index contributed by atoms with van der Waals surface area (Å²) < 4.78 is 1.64. The molecule has 5 nitrogen and oxygen atoms in total. The summed E-state index contributed by atoms with van der Waals surface area (Å²) in [6.45, 7) is 0.649. The van der Waals surface area contributed by atoms with E-state index in [1.807, 2.05) is 12.1 Å². The lowest BCUT2D eigenvalue weighted by Gasteiger charge is -1.99. The summed E-state index contributed by atoms with van der Waals surface area (Å²) in [4.78, 5) is 1.22. The lowest BCUT2D eigenvalue weighted by atomic mass is 10.3. The summed E-state index contributed by atoms with van der Waals surface area (Å²) in [7, 11) is 0. The van der Waals surface area contributed by atoms with Crippen molar-refractivity contribution in [1.29, 1.82) is 0 Å². The molecule has 0 saturated carbocycles. The van der Waals surface area contributed by atoms with E-state index in [0.29, 0.717) is 18.1 Å². The summed E-state index contributed by atoms with van der Waals surface area (Å²) in [5, 5.41) is 5.07. The van der Waals surface area contributed by atoms with Crippen LogP contribution in [0.1, 0.15) is 4.88 Å². The number of nitrogens with zero attached hydrogens (tertiary/aromatic N) is 2. The molecule has 0 spiro atoms. The second-order valence-electron chi connectivity index (χ2n) is 3.18. The fraction of sp³-hybridized carbons (Fsp3) is 0.222. The highest BCUT2D eigenvalue weighted by molar-refractivity contribution is 7.14. The fourth-order valence-corrected chi connectivity index (χ4v) is 2.30. The Kier molecular flexibility index (Phi) is 2.61. The van der Waals surface area contributed by atoms with Crippen LogP contribution >= 0.6 is 11.3 Å². The second-order valence-corrected chi connectivity index (χ2v) is 4.32. The van der Waals surface area contributed by atoms with Crippen LogP contribution in [-0.2, 0) is 6.42 Å². The van der Waals surface area contributed by atoms with Gasteiger partial charge in [0.05, 0.1) is 11.9 Å². The van der Waals surface area contributed by atoms with E-state index in [1.54, 1.807) is 22.2 Å². The Bertz CT molecular complexity index is 459. The first kappa shape index (κ1) is 10.0. The van der Waals surface area contributed by atoms with E-state index in [9.17, 15) is 0 Å². The molecule has 0 aliphatic rings. The Hall–Kier alpha value is -1.53. The van der Waals surface area contributed by atoms with Crippen LogP contribution in [0.2, 0.25) is 0 Å². The van der Waals surface area contributed by atoms with Gasteiger partial charge in [0.15, 0.2) is 5.82 Å². The highest BCUT2D eigenvalue weighted by Gasteiger charge is 2.08. The first-order chi connectivity index (χ1) is 7.22. The van der Waals surface area contributed by atoms with Crippen molar-refractivity contribution in [2.24, 2.45) is 5.73 Å². The fourth-order valence-electron chi connectivity index (χ4n) is 1.30. The number of hydrogen-bond acceptors (Lipinski definition) is 5. The molecule has 2 aromatic heterocycles. The van der Waals surface area contributed by atoms with Gasteiger partial charge in [0, 0.05) is 4.88 Å². The molecule has 6 N–H and O–H groups in total. The third kappa shape index (κ3) is 1.81. The van der Waals surface area contributed by atoms with Gasteiger partial charge in [-0.3, -0.25) is 0 Å². The van der Waals surface area contributed by atoms with Gasteiger partial charge in [0.2, 0.25) is 0 Å². The zero-order chi connectivity index (χ0) is 10.8. The minimum Gasteiger partial charge on any atom is -0.394 e. The summed E-state index contributed by atoms with van der Waals surface area (Å²) in [5.41, 5.74) is 17.4. The van der Waals surface area contributed by atoms with Gasteiger partial charge in [-0.2, -0.15) is 5.10 Å². The Labute approximate surface area is 91.5 Å². The largest absolute Gasteiger partial charge is 0.394 e. The second kappa shape index (κ2) is 3.92. The van der Waals surface area contributed by atoms with Crippen molar-refractivity contribution >= 4 is 22.8 Å². The first-order valence-corrected chi connectivity index (χ1v) is 5.42. The molecular weight excluding hydrogens is 210 g/mol. The average molecular weight is 223 g/mol. The predicted molar refractivity (Wildman–Crippen MR) is 63.0 cm³/mol. The van der Waals surface area contributed by atoms with Gasteiger partial charge in [-0.15, -0.1) is 11.3 Å². The molecule has 2 heterocycles. The lowest BCUT2D eigenvalue weighted by Crippen LogP contribution is -2.01. The molecule has 0 aliphatic carbocycles. The summed E-state index contributed by atoms with van der Waals surface area (Å²) in [6.07, 6.45) is 2.43. The van der Waals surface area contributed by atoms with Crippen molar-refractivity contribution in [3.05, 3.63) is 23.2 Å². The molecule has 0 bridgehead atoms. The number of nitrogens with two attached hydrogens (primary N) is 3. The Morgan fingerprint density at radius 1 is 1.33 bits per heavy atom. The summed E-state index contributed by atoms with van der Waals surface area (Å²) in [6, 6.07) is 4.00. The smallest absolute Gasteiger partial charge is 0.151 e. The van der Waals surface area contributed by atoms with Crippen LogP contribution in [0.25, 0.3) is 5.00 Å². The van der Waals surface area contributed by atoms with Gasteiger partial charge in [0.25, 0.3) is 0 Å². The van der Waals surface area contributed by atoms with E-state index in [4.69, 9.17) is 17.2 Å². The molecule has 6 heteroatoms. The van der Waals surface area contributed by atoms with Crippen molar-refractivity contribution < 1.29 is 0 Å². The number of hydrogen-bond donors (Lipinski definition) is 3. The van der Waals surface area contributed by atoms with Crippen LogP contribution in [0.3, 0.4) is 0 Å². The number of anilines is 2. The minimum absolute atomic E-state index is 0.483. The first-order valence-electron chi connectivity index (χ1n) is 4.60. The van der Waals surface area contributed by atoms with Gasteiger partial charge < -0.3 is 17.2 Å². The van der Waals surface area contributed by atoms with Gasteiger partial charge in [-0.05, 0) is 25.1 Å². The minimum atomic E-state index is 0.483. The van der Waals surface area contributed by atoms with Crippen LogP contribution in [0.5, 0.6) is 0 Å². The molecule has 0 unspecified atom stereocenters. The zero-order valence-electron chi connectivity index (χ0n) is 8.18. The molecule has 0 amide bonds. The predicted octanol–water partition coefficient (Wildman–Crippen LogP) is 0.599. The van der Waals surface area contributed by atoms with Crippen molar-refractivity contribution in [1.82, 2.24) is 9.78 Å². The van der Waals surface area contributed by atoms with Crippen molar-refractivity contribution in [2.45, 2.75) is 6.42 Å². The quantitative estimate of drug-likeness (QED) is 0.710. The number of thiophene rings is 1. The number of aromatic nitrogens is 2. The maximum absolute atomic E-state index is 5.78. The Balaban J connectivity index is 2.33. The van der Waals surface area contributed by atoms with Gasteiger partial charge in [-0.1, -0.05) is 0 Å². The maximum atomic E-state index is 5.78. The molecule has 0 aromatic carbocycles. The molecule has 0 atom stereocenters. The molecule has 15 heavy (non-hydrogen) atoms. The van der Waals surface area contributed by atoms with Crippen LogP contribution in [0, 0.1) is 0 Å². The molecule has 0 aliphatic heterocycles. The van der Waals surface area contributed by atoms with Crippen molar-refractivity contribution in [2.75, 3.05) is 18.0 Å². The van der Waals surface area contributed by atoms with E-state index in [-0.39, 0.29) is 0 Å². The SMILES string of the molecule is NCCc1ccc(-n2ncc(N)c2N)s1. The molecule has 80 valence electrons. The Morgan fingerprint density at radius 2 is 2.13 bits per heavy atom. The number of rotatable bonds is 3. The molecule has 0 fully saturated rings. The van der Waals surface area contributed by atoms with E-state index < -0.39 is 0 Å². The van der Waals surface area contributed by atoms with Crippen LogP contribution in [0.4, 0.5) is 11.5 Å². The summed E-state index contributed by atoms with van der Waals surface area (Å²) >= 11 is 1.62. The third-order valence-corrected chi connectivity index (χ3v) is 3.20. The third-order valence-electron chi connectivity index (χ3n) is 2.08. The Morgan fingerprint density at radius 3 is 2.73 bits per heavy atom. The lowest BCUT2D eigenvalue weighted by molar-refractivity contribution is 0.908. The van der Waals surface area contributed by atoms with E-state index in [1.165, 1.54) is 4.88 Å². The standard InChI is InChI=1S/C9H13N5S/c10-4-3-6-1-2-8(15-6)14-9(12)7(11)5-13-14/h1-2,5H,3-4,10-12H2. The van der Waals surface area contributed by atoms with Crippen molar-refractivity contribution in [3.63, 3.8) is 0 Å². The van der Waals surface area contributed by atoms with Gasteiger partial charge in [-0.25, -0.2) is 4.68 Å². The normalized spacial score (nSPS) is 10.7. The van der Waals surface area contributed by atoms with Crippen LogP contribution in [0.15, 0.2) is 18.3 Å². The summed E-state index contributed by atoms with van der Waals surface area (Å²) in [5.74, 6) is 0.483. The van der Waals surface area contributed by atoms with Gasteiger partial charge >= 0.3 is 0 Å². The van der Waals surface area contributed by atoms with Crippen LogP contribution < -0.4 is 17.2 Å². The highest BCUT2D eigenvalue weighted by Crippen LogP contribution is 2.25. The average Bonchev–Trinajstić information content (AvgIpc) is 2.77. The number of nitrogen functional groups attached to an aromatic ring is 2. The monoisotopic (exact) mass is 223 g/mol. The molecule has 0 saturated heterocycles. The van der Waals surface area contributed by atoms with Crippen LogP contribution in [-0.4, -0.2) is 16.3 Å². The highest BCUT2D eigenvalue weighted by atomic mass is 32.1. The zero-order valence-corrected chi connectivity index (χ0v) is 9.00. The van der Waals surface area contributed by atoms with Crippen molar-refractivity contribution in [3.8, 4) is 5.00 Å². The molecule has 2 rings (SSSR count). The molecular formula is C9H13N5S. The van der Waals surface area contributed by atoms with E-state index >= 15 is 0 Å². The molecule has 2 aromatic rings. The van der Waals surface area contributed by atoms with E-state index in [0.717, 1.165) is 11.4 Å². The van der Waals surface area contributed by atoms with E-state index in [2.05, 4.69) is 5.10 Å². The maximum Gasteiger partial charge on any atom is 0.151 e.